The number of carbonyl (C=O) groups excluding carboxylic acids is 1. The van der Waals surface area contributed by atoms with Crippen molar-refractivity contribution in [1.82, 2.24) is 10.5 Å². The predicted molar refractivity (Wildman–Crippen MR) is 85.3 cm³/mol. The topological polar surface area (TPSA) is 81.1 Å². The maximum absolute atomic E-state index is 11.8. The maximum atomic E-state index is 11.8. The number of hydrogen-bond acceptors (Lipinski definition) is 4. The molecule has 0 fully saturated rings. The van der Waals surface area contributed by atoms with Crippen molar-refractivity contribution in [3.05, 3.63) is 53.4 Å². The Bertz CT molecular complexity index is 576. The fraction of sp³-hybridized carbons (Fsp3) is 0.412. The zero-order valence-electron chi connectivity index (χ0n) is 13.1. The van der Waals surface area contributed by atoms with Gasteiger partial charge in [0.1, 0.15) is 6.26 Å². The summed E-state index contributed by atoms with van der Waals surface area (Å²) in [5.41, 5.74) is 9.21. The molecule has 1 atom stereocenters. The highest BCUT2D eigenvalue weighted by molar-refractivity contribution is 5.76. The predicted octanol–water partition coefficient (Wildman–Crippen LogP) is 2.55. The van der Waals surface area contributed by atoms with Crippen LogP contribution in [-0.2, 0) is 11.2 Å². The van der Waals surface area contributed by atoms with E-state index in [2.05, 4.69) is 36.5 Å². The molecule has 0 radical (unpaired) electrons. The van der Waals surface area contributed by atoms with Gasteiger partial charge in [-0.1, -0.05) is 43.3 Å². The minimum atomic E-state index is -0.197. The van der Waals surface area contributed by atoms with Crippen LogP contribution >= 0.6 is 0 Å². The molecule has 0 spiro atoms. The SMILES string of the molecule is CC(C)c1ccc(C(N)CNC(=O)CCc2ccon2)cc1. The van der Waals surface area contributed by atoms with E-state index in [0.717, 1.165) is 11.3 Å². The van der Waals surface area contributed by atoms with Crippen LogP contribution in [0.3, 0.4) is 0 Å². The van der Waals surface area contributed by atoms with Crippen LogP contribution in [0, 0.1) is 0 Å². The first-order chi connectivity index (χ1) is 10.6. The van der Waals surface area contributed by atoms with Crippen LogP contribution in [0.25, 0.3) is 0 Å². The Morgan fingerprint density at radius 2 is 1.91 bits per heavy atom. The fourth-order valence-electron chi connectivity index (χ4n) is 2.17. The zero-order valence-corrected chi connectivity index (χ0v) is 13.1. The summed E-state index contributed by atoms with van der Waals surface area (Å²) in [6, 6.07) is 9.80. The van der Waals surface area contributed by atoms with E-state index in [9.17, 15) is 4.79 Å². The largest absolute Gasteiger partial charge is 0.365 e. The summed E-state index contributed by atoms with van der Waals surface area (Å²) >= 11 is 0. The summed E-state index contributed by atoms with van der Waals surface area (Å²) in [5.74, 6) is 0.471. The van der Waals surface area contributed by atoms with Crippen molar-refractivity contribution in [2.75, 3.05) is 6.54 Å². The number of aryl methyl sites for hydroxylation is 1. The first-order valence-electron chi connectivity index (χ1n) is 7.57. The van der Waals surface area contributed by atoms with E-state index in [0.29, 0.717) is 25.3 Å². The van der Waals surface area contributed by atoms with Crippen LogP contribution in [0.15, 0.2) is 41.1 Å². The lowest BCUT2D eigenvalue weighted by Gasteiger charge is -2.14. The van der Waals surface area contributed by atoms with Crippen LogP contribution in [0.5, 0.6) is 0 Å². The van der Waals surface area contributed by atoms with Gasteiger partial charge in [0.25, 0.3) is 0 Å². The third-order valence-electron chi connectivity index (χ3n) is 3.65. The number of amides is 1. The highest BCUT2D eigenvalue weighted by atomic mass is 16.5. The van der Waals surface area contributed by atoms with Crippen molar-refractivity contribution < 1.29 is 9.32 Å². The summed E-state index contributed by atoms with van der Waals surface area (Å²) in [7, 11) is 0. The van der Waals surface area contributed by atoms with Crippen LogP contribution in [-0.4, -0.2) is 17.6 Å². The number of aromatic nitrogens is 1. The number of carbonyl (C=O) groups is 1. The Labute approximate surface area is 130 Å². The molecule has 5 nitrogen and oxygen atoms in total. The van der Waals surface area contributed by atoms with E-state index in [1.165, 1.54) is 11.8 Å². The molecular weight excluding hydrogens is 278 g/mol. The molecule has 118 valence electrons. The van der Waals surface area contributed by atoms with E-state index < -0.39 is 0 Å². The van der Waals surface area contributed by atoms with Gasteiger partial charge in [-0.05, 0) is 17.0 Å². The number of nitrogens with one attached hydrogen (secondary N) is 1. The summed E-state index contributed by atoms with van der Waals surface area (Å²) < 4.78 is 4.73. The number of nitrogens with two attached hydrogens (primary N) is 1. The van der Waals surface area contributed by atoms with Crippen LogP contribution in [0.2, 0.25) is 0 Å². The van der Waals surface area contributed by atoms with Crippen molar-refractivity contribution in [2.45, 2.75) is 38.6 Å². The van der Waals surface area contributed by atoms with Gasteiger partial charge < -0.3 is 15.6 Å². The lowest BCUT2D eigenvalue weighted by atomic mass is 9.99. The average molecular weight is 301 g/mol. The van der Waals surface area contributed by atoms with Crippen molar-refractivity contribution >= 4 is 5.91 Å². The molecule has 0 bridgehead atoms. The highest BCUT2D eigenvalue weighted by Gasteiger charge is 2.09. The number of hydrogen-bond donors (Lipinski definition) is 2. The summed E-state index contributed by atoms with van der Waals surface area (Å²) in [6.07, 6.45) is 2.45. The Hall–Kier alpha value is -2.14. The van der Waals surface area contributed by atoms with Gasteiger partial charge >= 0.3 is 0 Å². The second-order valence-corrected chi connectivity index (χ2v) is 5.72. The normalized spacial score (nSPS) is 12.4. The van der Waals surface area contributed by atoms with E-state index in [4.69, 9.17) is 10.3 Å². The molecule has 2 rings (SSSR count). The molecule has 1 unspecified atom stereocenters. The Morgan fingerprint density at radius 1 is 1.23 bits per heavy atom. The molecule has 0 saturated heterocycles. The molecule has 3 N–H and O–H groups in total. The summed E-state index contributed by atoms with van der Waals surface area (Å²) in [4.78, 5) is 11.8. The molecule has 1 amide bonds. The molecule has 1 aromatic heterocycles. The lowest BCUT2D eigenvalue weighted by molar-refractivity contribution is -0.121. The van der Waals surface area contributed by atoms with Crippen molar-refractivity contribution in [1.29, 1.82) is 0 Å². The molecule has 0 saturated carbocycles. The number of nitrogens with zero attached hydrogens (tertiary/aromatic N) is 1. The minimum Gasteiger partial charge on any atom is -0.365 e. The quantitative estimate of drug-likeness (QED) is 0.823. The van der Waals surface area contributed by atoms with Crippen LogP contribution in [0.4, 0.5) is 0 Å². The second kappa shape index (κ2) is 7.75. The molecule has 22 heavy (non-hydrogen) atoms. The van der Waals surface area contributed by atoms with Crippen LogP contribution in [0.1, 0.15) is 49.0 Å². The zero-order chi connectivity index (χ0) is 15.9. The monoisotopic (exact) mass is 301 g/mol. The molecular formula is C17H23N3O2. The molecule has 2 aromatic rings. The maximum Gasteiger partial charge on any atom is 0.220 e. The Kier molecular flexibility index (Phi) is 5.72. The van der Waals surface area contributed by atoms with Gasteiger partial charge in [-0.3, -0.25) is 4.79 Å². The van der Waals surface area contributed by atoms with Crippen molar-refractivity contribution in [3.63, 3.8) is 0 Å². The Balaban J connectivity index is 1.76. The lowest BCUT2D eigenvalue weighted by Crippen LogP contribution is -2.32. The van der Waals surface area contributed by atoms with Crippen molar-refractivity contribution in [3.8, 4) is 0 Å². The second-order valence-electron chi connectivity index (χ2n) is 5.72. The molecule has 0 aliphatic rings. The molecule has 1 heterocycles. The van der Waals surface area contributed by atoms with Crippen molar-refractivity contribution in [2.24, 2.45) is 5.73 Å². The summed E-state index contributed by atoms with van der Waals surface area (Å²) in [6.45, 7) is 4.74. The fourth-order valence-corrected chi connectivity index (χ4v) is 2.17. The van der Waals surface area contributed by atoms with Gasteiger partial charge in [-0.25, -0.2) is 0 Å². The van der Waals surface area contributed by atoms with E-state index >= 15 is 0 Å². The van der Waals surface area contributed by atoms with Gasteiger partial charge in [0.2, 0.25) is 5.91 Å². The average Bonchev–Trinajstić information content (AvgIpc) is 3.04. The molecule has 0 aliphatic heterocycles. The minimum absolute atomic E-state index is 0.0303. The van der Waals surface area contributed by atoms with Gasteiger partial charge in [-0.2, -0.15) is 0 Å². The Morgan fingerprint density at radius 3 is 2.50 bits per heavy atom. The number of rotatable bonds is 7. The third-order valence-corrected chi connectivity index (χ3v) is 3.65. The molecule has 0 aliphatic carbocycles. The van der Waals surface area contributed by atoms with E-state index in [1.54, 1.807) is 6.07 Å². The number of benzene rings is 1. The van der Waals surface area contributed by atoms with Gasteiger partial charge in [0, 0.05) is 31.5 Å². The highest BCUT2D eigenvalue weighted by Crippen LogP contribution is 2.17. The first kappa shape index (κ1) is 16.2. The molecule has 5 heteroatoms. The molecule has 1 aromatic carbocycles. The van der Waals surface area contributed by atoms with E-state index in [1.807, 2.05) is 12.1 Å². The smallest absolute Gasteiger partial charge is 0.220 e. The van der Waals surface area contributed by atoms with Gasteiger partial charge in [-0.15, -0.1) is 0 Å². The van der Waals surface area contributed by atoms with Gasteiger partial charge in [0.05, 0.1) is 5.69 Å². The standard InChI is InChI=1S/C17H23N3O2/c1-12(2)13-3-5-14(6-4-13)16(18)11-19-17(21)8-7-15-9-10-22-20-15/h3-6,9-10,12,16H,7-8,11,18H2,1-2H3,(H,19,21). The van der Waals surface area contributed by atoms with Crippen LogP contribution < -0.4 is 11.1 Å². The van der Waals surface area contributed by atoms with E-state index in [-0.39, 0.29) is 11.9 Å². The third kappa shape index (κ3) is 4.70. The summed E-state index contributed by atoms with van der Waals surface area (Å²) in [5, 5.41) is 6.63. The first-order valence-corrected chi connectivity index (χ1v) is 7.57. The van der Waals surface area contributed by atoms with Gasteiger partial charge in [0.15, 0.2) is 0 Å².